The number of aryl methyl sites for hydroxylation is 1. The summed E-state index contributed by atoms with van der Waals surface area (Å²) in [5.41, 5.74) is 2.18. The van der Waals surface area contributed by atoms with Crippen molar-refractivity contribution in [3.63, 3.8) is 0 Å². The average Bonchev–Trinajstić information content (AvgIpc) is 3.04. The fraction of sp³-hybridized carbons (Fsp3) is 0.444. The number of methoxy groups -OCH3 is 2. The van der Waals surface area contributed by atoms with Crippen LogP contribution in [0.4, 0.5) is 5.69 Å². The van der Waals surface area contributed by atoms with Crippen LogP contribution in [0, 0.1) is 0 Å². The number of amides is 1. The van der Waals surface area contributed by atoms with E-state index >= 15 is 0 Å². The van der Waals surface area contributed by atoms with Crippen LogP contribution in [0.15, 0.2) is 24.4 Å². The van der Waals surface area contributed by atoms with E-state index in [-0.39, 0.29) is 11.8 Å². The largest absolute Gasteiger partial charge is 0.493 e. The molecule has 0 fully saturated rings. The Balaban J connectivity index is 2.38. The van der Waals surface area contributed by atoms with Crippen LogP contribution in [0.1, 0.15) is 42.7 Å². The zero-order chi connectivity index (χ0) is 17.9. The van der Waals surface area contributed by atoms with E-state index in [1.54, 1.807) is 43.0 Å². The molecule has 2 rings (SSSR count). The molecule has 24 heavy (non-hydrogen) atoms. The van der Waals surface area contributed by atoms with E-state index < -0.39 is 0 Å². The Labute approximate surface area is 143 Å². The Morgan fingerprint density at radius 2 is 1.92 bits per heavy atom. The lowest BCUT2D eigenvalue weighted by atomic mass is 10.1. The van der Waals surface area contributed by atoms with E-state index in [0.717, 1.165) is 17.9 Å². The van der Waals surface area contributed by atoms with Crippen LogP contribution in [0.3, 0.4) is 0 Å². The smallest absolute Gasteiger partial charge is 0.261 e. The topological polar surface area (TPSA) is 56.6 Å². The molecule has 0 atom stereocenters. The highest BCUT2D eigenvalue weighted by molar-refractivity contribution is 6.06. The van der Waals surface area contributed by atoms with Crippen molar-refractivity contribution in [3.05, 3.63) is 35.7 Å². The van der Waals surface area contributed by atoms with Crippen LogP contribution in [-0.4, -0.2) is 37.0 Å². The normalized spacial score (nSPS) is 10.8. The molecule has 1 amide bonds. The zero-order valence-electron chi connectivity index (χ0n) is 15.2. The van der Waals surface area contributed by atoms with E-state index in [1.807, 2.05) is 33.0 Å². The standard InChI is InChI=1S/C18H25N3O3/c1-7-21-11-14(17(19-21)12(2)3)18(22)20(4)13-8-9-15(23-5)16(10-13)24-6/h8-12H,7H2,1-6H3. The maximum atomic E-state index is 13.0. The second kappa shape index (κ2) is 7.38. The fourth-order valence-corrected chi connectivity index (χ4v) is 2.52. The Hall–Kier alpha value is -2.50. The second-order valence-electron chi connectivity index (χ2n) is 5.84. The van der Waals surface area contributed by atoms with Crippen LogP contribution in [0.2, 0.25) is 0 Å². The zero-order valence-corrected chi connectivity index (χ0v) is 15.2. The molecule has 0 saturated carbocycles. The number of aromatic nitrogens is 2. The molecule has 0 unspecified atom stereocenters. The van der Waals surface area contributed by atoms with Crippen LogP contribution in [-0.2, 0) is 6.54 Å². The third-order valence-electron chi connectivity index (χ3n) is 3.95. The van der Waals surface area contributed by atoms with Gasteiger partial charge in [-0.1, -0.05) is 13.8 Å². The lowest BCUT2D eigenvalue weighted by Crippen LogP contribution is -2.27. The number of anilines is 1. The Kier molecular flexibility index (Phi) is 5.49. The van der Waals surface area contributed by atoms with Crippen molar-refractivity contribution < 1.29 is 14.3 Å². The Bertz CT molecular complexity index is 722. The summed E-state index contributed by atoms with van der Waals surface area (Å²) in [7, 11) is 4.91. The summed E-state index contributed by atoms with van der Waals surface area (Å²) in [5.74, 6) is 1.30. The number of hydrogen-bond donors (Lipinski definition) is 0. The van der Waals surface area contributed by atoms with E-state index in [4.69, 9.17) is 9.47 Å². The van der Waals surface area contributed by atoms with Crippen LogP contribution in [0.25, 0.3) is 0 Å². The van der Waals surface area contributed by atoms with E-state index in [1.165, 1.54) is 0 Å². The minimum Gasteiger partial charge on any atom is -0.493 e. The van der Waals surface area contributed by atoms with E-state index in [0.29, 0.717) is 17.1 Å². The first-order valence-corrected chi connectivity index (χ1v) is 8.00. The van der Waals surface area contributed by atoms with Crippen molar-refractivity contribution in [3.8, 4) is 11.5 Å². The molecule has 0 spiro atoms. The van der Waals surface area contributed by atoms with Gasteiger partial charge in [-0.3, -0.25) is 9.48 Å². The van der Waals surface area contributed by atoms with E-state index in [9.17, 15) is 4.79 Å². The number of nitrogens with zero attached hydrogens (tertiary/aromatic N) is 3. The van der Waals surface area contributed by atoms with E-state index in [2.05, 4.69) is 5.10 Å². The number of ether oxygens (including phenoxy) is 2. The van der Waals surface area contributed by atoms with Crippen molar-refractivity contribution in [1.29, 1.82) is 0 Å². The molecule has 0 saturated heterocycles. The highest BCUT2D eigenvalue weighted by Crippen LogP contribution is 2.32. The van der Waals surface area contributed by atoms with Gasteiger partial charge in [-0.25, -0.2) is 0 Å². The highest BCUT2D eigenvalue weighted by Gasteiger charge is 2.23. The average molecular weight is 331 g/mol. The summed E-state index contributed by atoms with van der Waals surface area (Å²) in [4.78, 5) is 14.6. The number of hydrogen-bond acceptors (Lipinski definition) is 4. The summed E-state index contributed by atoms with van der Waals surface area (Å²) in [6, 6.07) is 5.41. The lowest BCUT2D eigenvalue weighted by molar-refractivity contribution is 0.0991. The molecule has 6 heteroatoms. The van der Waals surface area contributed by atoms with Gasteiger partial charge in [-0.15, -0.1) is 0 Å². The Morgan fingerprint density at radius 3 is 2.46 bits per heavy atom. The summed E-state index contributed by atoms with van der Waals surface area (Å²) in [5, 5.41) is 4.51. The maximum absolute atomic E-state index is 13.0. The molecule has 0 aliphatic heterocycles. The molecule has 0 radical (unpaired) electrons. The number of carbonyl (C=O) groups is 1. The highest BCUT2D eigenvalue weighted by atomic mass is 16.5. The van der Waals surface area contributed by atoms with Gasteiger partial charge in [0.2, 0.25) is 0 Å². The van der Waals surface area contributed by atoms with Crippen molar-refractivity contribution in [2.45, 2.75) is 33.2 Å². The van der Waals surface area contributed by atoms with Gasteiger partial charge in [-0.2, -0.15) is 5.10 Å². The first kappa shape index (κ1) is 17.8. The molecule has 130 valence electrons. The second-order valence-corrected chi connectivity index (χ2v) is 5.84. The molecule has 1 aromatic carbocycles. The van der Waals surface area contributed by atoms with Gasteiger partial charge in [0.25, 0.3) is 5.91 Å². The molecule has 1 heterocycles. The van der Waals surface area contributed by atoms with Gasteiger partial charge in [-0.05, 0) is 25.0 Å². The molecule has 0 N–H and O–H groups in total. The number of rotatable bonds is 6. The van der Waals surface area contributed by atoms with Crippen LogP contribution in [0.5, 0.6) is 11.5 Å². The fourth-order valence-electron chi connectivity index (χ4n) is 2.52. The monoisotopic (exact) mass is 331 g/mol. The van der Waals surface area contributed by atoms with Gasteiger partial charge in [0, 0.05) is 31.5 Å². The molecule has 2 aromatic rings. The van der Waals surface area contributed by atoms with Crippen molar-refractivity contribution in [2.75, 3.05) is 26.2 Å². The Morgan fingerprint density at radius 1 is 1.25 bits per heavy atom. The van der Waals surface area contributed by atoms with Gasteiger partial charge in [0.05, 0.1) is 25.5 Å². The molecule has 1 aromatic heterocycles. The summed E-state index contributed by atoms with van der Waals surface area (Å²) < 4.78 is 12.4. The minimum atomic E-state index is -0.0920. The molecular weight excluding hydrogens is 306 g/mol. The summed E-state index contributed by atoms with van der Waals surface area (Å²) in [6.45, 7) is 6.81. The minimum absolute atomic E-state index is 0.0920. The summed E-state index contributed by atoms with van der Waals surface area (Å²) >= 11 is 0. The van der Waals surface area contributed by atoms with Crippen molar-refractivity contribution >= 4 is 11.6 Å². The predicted octanol–water partition coefficient (Wildman–Crippen LogP) is 3.32. The quantitative estimate of drug-likeness (QED) is 0.815. The molecule has 6 nitrogen and oxygen atoms in total. The third-order valence-corrected chi connectivity index (χ3v) is 3.95. The van der Waals surface area contributed by atoms with Gasteiger partial charge < -0.3 is 14.4 Å². The van der Waals surface area contributed by atoms with Crippen LogP contribution < -0.4 is 14.4 Å². The third kappa shape index (κ3) is 3.37. The SMILES string of the molecule is CCn1cc(C(=O)N(C)c2ccc(OC)c(OC)c2)c(C(C)C)n1. The lowest BCUT2D eigenvalue weighted by Gasteiger charge is -2.19. The predicted molar refractivity (Wildman–Crippen MR) is 94.3 cm³/mol. The molecular formula is C18H25N3O3. The van der Waals surface area contributed by atoms with Crippen LogP contribution >= 0.6 is 0 Å². The molecule has 0 bridgehead atoms. The summed E-state index contributed by atoms with van der Waals surface area (Å²) in [6.07, 6.45) is 1.81. The van der Waals surface area contributed by atoms with Gasteiger partial charge in [0.1, 0.15) is 0 Å². The number of benzene rings is 1. The first-order valence-electron chi connectivity index (χ1n) is 8.00. The number of carbonyl (C=O) groups excluding carboxylic acids is 1. The van der Waals surface area contributed by atoms with Crippen molar-refractivity contribution in [1.82, 2.24) is 9.78 Å². The maximum Gasteiger partial charge on any atom is 0.261 e. The van der Waals surface area contributed by atoms with Crippen molar-refractivity contribution in [2.24, 2.45) is 0 Å². The molecule has 0 aliphatic rings. The van der Waals surface area contributed by atoms with Gasteiger partial charge >= 0.3 is 0 Å². The van der Waals surface area contributed by atoms with Gasteiger partial charge in [0.15, 0.2) is 11.5 Å². The molecule has 0 aliphatic carbocycles. The first-order chi connectivity index (χ1) is 11.4.